The molecule has 0 bridgehead atoms. The number of benzene rings is 1. The summed E-state index contributed by atoms with van der Waals surface area (Å²) in [6, 6.07) is 11.1. The highest BCUT2D eigenvalue weighted by Crippen LogP contribution is 2.27. The minimum absolute atomic E-state index is 0.0725. The molecule has 0 saturated carbocycles. The van der Waals surface area contributed by atoms with E-state index >= 15 is 0 Å². The van der Waals surface area contributed by atoms with Crippen molar-refractivity contribution in [3.63, 3.8) is 0 Å². The maximum absolute atomic E-state index is 12.5. The van der Waals surface area contributed by atoms with Gasteiger partial charge in [-0.15, -0.1) is 22.7 Å². The van der Waals surface area contributed by atoms with Crippen molar-refractivity contribution in [1.29, 1.82) is 0 Å². The van der Waals surface area contributed by atoms with E-state index in [9.17, 15) is 14.4 Å². The van der Waals surface area contributed by atoms with Gasteiger partial charge < -0.3 is 16.0 Å². The highest BCUT2D eigenvalue weighted by molar-refractivity contribution is 7.14. The minimum atomic E-state index is -0.366. The number of thiophene rings is 1. The Bertz CT molecular complexity index is 1050. The van der Waals surface area contributed by atoms with E-state index in [4.69, 9.17) is 0 Å². The van der Waals surface area contributed by atoms with Gasteiger partial charge in [-0.2, -0.15) is 0 Å². The summed E-state index contributed by atoms with van der Waals surface area (Å²) in [5.74, 6) is -0.470. The largest absolute Gasteiger partial charge is 0.350 e. The summed E-state index contributed by atoms with van der Waals surface area (Å²) in [5, 5.41) is 12.8. The molecule has 3 rings (SSSR count). The van der Waals surface area contributed by atoms with Crippen LogP contribution in [-0.4, -0.2) is 22.7 Å². The normalized spacial score (nSPS) is 12.6. The third-order valence-electron chi connectivity index (χ3n) is 4.53. The van der Waals surface area contributed by atoms with Gasteiger partial charge in [-0.3, -0.25) is 14.4 Å². The van der Waals surface area contributed by atoms with E-state index in [1.165, 1.54) is 36.5 Å². The van der Waals surface area contributed by atoms with Gasteiger partial charge in [0.2, 0.25) is 17.7 Å². The number of carbonyl (C=O) groups is 3. The number of nitrogens with one attached hydrogen (secondary N) is 3. The van der Waals surface area contributed by atoms with Gasteiger partial charge in [0.25, 0.3) is 0 Å². The number of thiazole rings is 1. The molecular formula is C22H24N4O3S2. The van der Waals surface area contributed by atoms with Crippen LogP contribution in [0.15, 0.2) is 47.2 Å². The minimum Gasteiger partial charge on any atom is -0.350 e. The summed E-state index contributed by atoms with van der Waals surface area (Å²) in [4.78, 5) is 40.7. The first-order valence-corrected chi connectivity index (χ1v) is 11.5. The van der Waals surface area contributed by atoms with Crippen LogP contribution in [0.5, 0.6) is 0 Å². The Balaban J connectivity index is 1.63. The summed E-state index contributed by atoms with van der Waals surface area (Å²) < 4.78 is 0. The molecule has 3 N–H and O–H groups in total. The Hall–Kier alpha value is -3.04. The lowest BCUT2D eigenvalue weighted by atomic mass is 10.1. The predicted molar refractivity (Wildman–Crippen MR) is 124 cm³/mol. The average molecular weight is 457 g/mol. The molecule has 162 valence electrons. The lowest BCUT2D eigenvalue weighted by Gasteiger charge is -2.15. The lowest BCUT2D eigenvalue weighted by molar-refractivity contribution is -0.121. The van der Waals surface area contributed by atoms with Gasteiger partial charge in [-0.25, -0.2) is 4.98 Å². The van der Waals surface area contributed by atoms with Crippen molar-refractivity contribution in [3.8, 4) is 11.3 Å². The van der Waals surface area contributed by atoms with Crippen molar-refractivity contribution in [2.75, 3.05) is 5.32 Å². The third-order valence-corrected chi connectivity index (χ3v) is 6.27. The Labute approximate surface area is 188 Å². The molecule has 2 atom stereocenters. The topological polar surface area (TPSA) is 100 Å². The fourth-order valence-electron chi connectivity index (χ4n) is 3.11. The van der Waals surface area contributed by atoms with Crippen molar-refractivity contribution in [2.45, 2.75) is 39.3 Å². The zero-order valence-electron chi connectivity index (χ0n) is 17.5. The number of nitrogens with zero attached hydrogens (tertiary/aromatic N) is 1. The Morgan fingerprint density at radius 2 is 1.71 bits per heavy atom. The highest BCUT2D eigenvalue weighted by atomic mass is 32.1. The molecule has 7 nitrogen and oxygen atoms in total. The molecule has 0 fully saturated rings. The summed E-state index contributed by atoms with van der Waals surface area (Å²) in [7, 11) is 0. The summed E-state index contributed by atoms with van der Waals surface area (Å²) in [6.45, 7) is 4.86. The molecule has 2 aromatic heterocycles. The van der Waals surface area contributed by atoms with Crippen molar-refractivity contribution in [2.24, 2.45) is 0 Å². The Kier molecular flexibility index (Phi) is 7.54. The molecule has 1 aromatic carbocycles. The molecule has 0 spiro atoms. The first kappa shape index (κ1) is 22.6. The van der Waals surface area contributed by atoms with Crippen LogP contribution in [0.3, 0.4) is 0 Å². The molecule has 9 heteroatoms. The molecule has 2 heterocycles. The van der Waals surface area contributed by atoms with Gasteiger partial charge in [0.15, 0.2) is 5.13 Å². The Morgan fingerprint density at radius 1 is 1.00 bits per heavy atom. The summed E-state index contributed by atoms with van der Waals surface area (Å²) in [6.07, 6.45) is 0.130. The third kappa shape index (κ3) is 6.47. The van der Waals surface area contributed by atoms with Gasteiger partial charge in [0, 0.05) is 29.7 Å². The van der Waals surface area contributed by atoms with Crippen molar-refractivity contribution < 1.29 is 14.4 Å². The number of carbonyl (C=O) groups excluding carboxylic acids is 3. The van der Waals surface area contributed by atoms with E-state index in [0.717, 1.165) is 21.7 Å². The van der Waals surface area contributed by atoms with Gasteiger partial charge in [0.1, 0.15) is 0 Å². The maximum Gasteiger partial charge on any atom is 0.228 e. The van der Waals surface area contributed by atoms with Crippen LogP contribution in [-0.2, 0) is 14.4 Å². The Morgan fingerprint density at radius 3 is 2.32 bits per heavy atom. The van der Waals surface area contributed by atoms with Crippen LogP contribution in [0.2, 0.25) is 0 Å². The van der Waals surface area contributed by atoms with Gasteiger partial charge in [-0.1, -0.05) is 30.3 Å². The molecule has 0 aliphatic carbocycles. The van der Waals surface area contributed by atoms with Crippen molar-refractivity contribution in [1.82, 2.24) is 15.6 Å². The number of hydrogen-bond donors (Lipinski definition) is 3. The van der Waals surface area contributed by atoms with Crippen LogP contribution in [0.25, 0.3) is 11.3 Å². The fourth-order valence-corrected chi connectivity index (χ4v) is 4.62. The second kappa shape index (κ2) is 10.3. The number of anilines is 1. The zero-order valence-corrected chi connectivity index (χ0v) is 19.1. The lowest BCUT2D eigenvalue weighted by Crippen LogP contribution is -2.29. The molecule has 0 saturated heterocycles. The quantitative estimate of drug-likeness (QED) is 0.471. The molecule has 0 aliphatic heterocycles. The highest BCUT2D eigenvalue weighted by Gasteiger charge is 2.19. The average Bonchev–Trinajstić information content (AvgIpc) is 3.39. The SMILES string of the molecule is CC(=O)NC(C)c1ccc(-c2csc(NC(=O)CC(NC(C)=O)c3cccs3)n2)cc1. The second-order valence-corrected chi connectivity index (χ2v) is 8.94. The van der Waals surface area contributed by atoms with E-state index in [0.29, 0.717) is 5.13 Å². The monoisotopic (exact) mass is 456 g/mol. The van der Waals surface area contributed by atoms with Crippen molar-refractivity contribution >= 4 is 45.5 Å². The summed E-state index contributed by atoms with van der Waals surface area (Å²) >= 11 is 2.84. The fraction of sp³-hybridized carbons (Fsp3) is 0.273. The van der Waals surface area contributed by atoms with Gasteiger partial charge >= 0.3 is 0 Å². The van der Waals surface area contributed by atoms with E-state index in [1.807, 2.05) is 54.1 Å². The van der Waals surface area contributed by atoms with Crippen molar-refractivity contribution in [3.05, 3.63) is 57.6 Å². The molecule has 3 aromatic rings. The van der Waals surface area contributed by atoms with Crippen LogP contribution in [0.1, 0.15) is 49.7 Å². The van der Waals surface area contributed by atoms with E-state index in [2.05, 4.69) is 20.9 Å². The van der Waals surface area contributed by atoms with Crippen LogP contribution in [0, 0.1) is 0 Å². The van der Waals surface area contributed by atoms with Crippen LogP contribution < -0.4 is 16.0 Å². The molecule has 3 amide bonds. The number of amides is 3. The van der Waals surface area contributed by atoms with E-state index in [-0.39, 0.29) is 36.2 Å². The molecule has 0 aliphatic rings. The standard InChI is InChI=1S/C22H24N4O3S2/c1-13(23-14(2)27)16-6-8-17(9-7-16)19-12-31-22(25-19)26-21(29)11-18(24-15(3)28)20-5-4-10-30-20/h4-10,12-13,18H,11H2,1-3H3,(H,23,27)(H,24,28)(H,25,26,29). The first-order valence-electron chi connectivity index (χ1n) is 9.75. The van der Waals surface area contributed by atoms with Gasteiger partial charge in [0.05, 0.1) is 24.2 Å². The molecule has 0 radical (unpaired) electrons. The van der Waals surface area contributed by atoms with E-state index in [1.54, 1.807) is 0 Å². The summed E-state index contributed by atoms with van der Waals surface area (Å²) in [5.41, 5.74) is 2.68. The molecular weight excluding hydrogens is 432 g/mol. The van der Waals surface area contributed by atoms with E-state index < -0.39 is 0 Å². The maximum atomic E-state index is 12.5. The number of aromatic nitrogens is 1. The van der Waals surface area contributed by atoms with Gasteiger partial charge in [-0.05, 0) is 23.9 Å². The molecule has 31 heavy (non-hydrogen) atoms. The predicted octanol–water partition coefficient (Wildman–Crippen LogP) is 4.27. The zero-order chi connectivity index (χ0) is 22.4. The second-order valence-electron chi connectivity index (χ2n) is 7.10. The number of rotatable bonds is 8. The van der Waals surface area contributed by atoms with Crippen LogP contribution in [0.4, 0.5) is 5.13 Å². The van der Waals surface area contributed by atoms with Crippen LogP contribution >= 0.6 is 22.7 Å². The molecule has 2 unspecified atom stereocenters. The number of hydrogen-bond acceptors (Lipinski definition) is 6. The smallest absolute Gasteiger partial charge is 0.228 e. The first-order chi connectivity index (χ1) is 14.8.